The van der Waals surface area contributed by atoms with Crippen LogP contribution in [-0.4, -0.2) is 54.4 Å². The van der Waals surface area contributed by atoms with Crippen molar-refractivity contribution < 1.29 is 27.7 Å². The minimum absolute atomic E-state index is 0.0596. The zero-order valence-corrected chi connectivity index (χ0v) is 17.3. The molecular weight excluding hydrogens is 453 g/mol. The molecule has 2 aromatic carbocycles. The Hall–Kier alpha value is -3.34. The van der Waals surface area contributed by atoms with Crippen LogP contribution in [0.1, 0.15) is 15.9 Å². The van der Waals surface area contributed by atoms with Gasteiger partial charge in [-0.25, -0.2) is 0 Å². The van der Waals surface area contributed by atoms with E-state index in [2.05, 4.69) is 5.32 Å². The maximum atomic E-state index is 12.9. The number of anilines is 1. The Labute approximate surface area is 185 Å². The summed E-state index contributed by atoms with van der Waals surface area (Å²) >= 11 is 5.84. The molecule has 1 fully saturated rings. The molecule has 1 aliphatic heterocycles. The second kappa shape index (κ2) is 9.43. The number of nitro benzene ring substituents is 1. The first-order chi connectivity index (χ1) is 15.1. The fraction of sp³-hybridized carbons (Fsp3) is 0.300. The van der Waals surface area contributed by atoms with Gasteiger partial charge in [0.2, 0.25) is 5.91 Å². The Morgan fingerprint density at radius 1 is 1.09 bits per heavy atom. The van der Waals surface area contributed by atoms with Gasteiger partial charge in [0.1, 0.15) is 5.69 Å². The van der Waals surface area contributed by atoms with Gasteiger partial charge in [-0.2, -0.15) is 13.2 Å². The predicted octanol–water partition coefficient (Wildman–Crippen LogP) is 3.35. The molecule has 3 rings (SSSR count). The summed E-state index contributed by atoms with van der Waals surface area (Å²) in [6.07, 6.45) is -4.69. The van der Waals surface area contributed by atoms with E-state index >= 15 is 0 Å². The molecule has 1 saturated heterocycles. The average Bonchev–Trinajstić information content (AvgIpc) is 2.76. The lowest BCUT2D eigenvalue weighted by Gasteiger charge is -2.36. The second-order valence-corrected chi connectivity index (χ2v) is 7.46. The SMILES string of the molecule is O=C(NCC(=O)N1CCN(c2ccc(C(F)(F)F)cc2[N+](=O)[O-])CC1)c1cccc(Cl)c1. The molecule has 8 nitrogen and oxygen atoms in total. The number of carbonyl (C=O) groups is 2. The van der Waals surface area contributed by atoms with E-state index in [1.165, 1.54) is 11.0 Å². The van der Waals surface area contributed by atoms with Crippen LogP contribution in [0.4, 0.5) is 24.5 Å². The first-order valence-electron chi connectivity index (χ1n) is 9.48. The molecule has 2 aromatic rings. The second-order valence-electron chi connectivity index (χ2n) is 7.02. The van der Waals surface area contributed by atoms with Crippen LogP contribution >= 0.6 is 11.6 Å². The Kier molecular flexibility index (Phi) is 6.87. The summed E-state index contributed by atoms with van der Waals surface area (Å²) in [7, 11) is 0. The van der Waals surface area contributed by atoms with Crippen molar-refractivity contribution in [2.75, 3.05) is 37.6 Å². The van der Waals surface area contributed by atoms with Gasteiger partial charge < -0.3 is 15.1 Å². The summed E-state index contributed by atoms with van der Waals surface area (Å²) in [5.41, 5.74) is -1.38. The summed E-state index contributed by atoms with van der Waals surface area (Å²) < 4.78 is 38.7. The third kappa shape index (κ3) is 5.47. The molecule has 2 amide bonds. The number of alkyl halides is 3. The van der Waals surface area contributed by atoms with Crippen LogP contribution in [0.5, 0.6) is 0 Å². The third-order valence-electron chi connectivity index (χ3n) is 4.96. The lowest BCUT2D eigenvalue weighted by atomic mass is 10.1. The molecule has 0 spiro atoms. The van der Waals surface area contributed by atoms with Crippen LogP contribution in [0.25, 0.3) is 0 Å². The van der Waals surface area contributed by atoms with Gasteiger partial charge in [0.15, 0.2) is 0 Å². The van der Waals surface area contributed by atoms with Crippen LogP contribution < -0.4 is 10.2 Å². The summed E-state index contributed by atoms with van der Waals surface area (Å²) in [6.45, 7) is 0.542. The van der Waals surface area contributed by atoms with Crippen molar-refractivity contribution >= 4 is 34.8 Å². The van der Waals surface area contributed by atoms with Crippen molar-refractivity contribution in [1.29, 1.82) is 0 Å². The third-order valence-corrected chi connectivity index (χ3v) is 5.19. The molecule has 1 aliphatic rings. The van der Waals surface area contributed by atoms with Crippen molar-refractivity contribution in [3.8, 4) is 0 Å². The van der Waals surface area contributed by atoms with Gasteiger partial charge in [0.05, 0.1) is 17.0 Å². The maximum absolute atomic E-state index is 12.9. The Bertz CT molecular complexity index is 1040. The summed E-state index contributed by atoms with van der Waals surface area (Å²) in [6, 6.07) is 8.63. The summed E-state index contributed by atoms with van der Waals surface area (Å²) in [5.74, 6) is -0.804. The molecular formula is C20H18ClF3N4O4. The standard InChI is InChI=1S/C20H18ClF3N4O4/c21-15-3-1-2-13(10-15)19(30)25-12-18(29)27-8-6-26(7-9-27)16-5-4-14(20(22,23)24)11-17(16)28(31)32/h1-5,10-11H,6-9,12H2,(H,25,30). The van der Waals surface area contributed by atoms with Gasteiger partial charge in [-0.05, 0) is 30.3 Å². The van der Waals surface area contributed by atoms with Crippen molar-refractivity contribution in [2.24, 2.45) is 0 Å². The van der Waals surface area contributed by atoms with E-state index in [-0.39, 0.29) is 44.3 Å². The highest BCUT2D eigenvalue weighted by molar-refractivity contribution is 6.31. The Morgan fingerprint density at radius 2 is 1.78 bits per heavy atom. The molecule has 0 saturated carbocycles. The Balaban J connectivity index is 1.59. The van der Waals surface area contributed by atoms with Gasteiger partial charge in [-0.1, -0.05) is 17.7 Å². The van der Waals surface area contributed by atoms with Gasteiger partial charge >= 0.3 is 6.18 Å². The lowest BCUT2D eigenvalue weighted by molar-refractivity contribution is -0.384. The van der Waals surface area contributed by atoms with Crippen molar-refractivity contribution in [2.45, 2.75) is 6.18 Å². The van der Waals surface area contributed by atoms with E-state index in [0.29, 0.717) is 16.7 Å². The number of hydrogen-bond donors (Lipinski definition) is 1. The quantitative estimate of drug-likeness (QED) is 0.534. The fourth-order valence-corrected chi connectivity index (χ4v) is 3.50. The maximum Gasteiger partial charge on any atom is 0.416 e. The van der Waals surface area contributed by atoms with Crippen LogP contribution in [0, 0.1) is 10.1 Å². The number of amides is 2. The van der Waals surface area contributed by atoms with E-state index in [1.807, 2.05) is 0 Å². The Morgan fingerprint density at radius 3 is 2.38 bits per heavy atom. The number of nitrogens with one attached hydrogen (secondary N) is 1. The first kappa shape index (κ1) is 23.3. The number of piperazine rings is 1. The molecule has 32 heavy (non-hydrogen) atoms. The number of benzene rings is 2. The van der Waals surface area contributed by atoms with Gasteiger partial charge in [-0.3, -0.25) is 19.7 Å². The van der Waals surface area contributed by atoms with E-state index in [4.69, 9.17) is 11.6 Å². The smallest absolute Gasteiger partial charge is 0.362 e. The predicted molar refractivity (Wildman–Crippen MR) is 111 cm³/mol. The summed E-state index contributed by atoms with van der Waals surface area (Å²) in [4.78, 5) is 38.0. The zero-order chi connectivity index (χ0) is 23.5. The lowest BCUT2D eigenvalue weighted by Crippen LogP contribution is -2.51. The fourth-order valence-electron chi connectivity index (χ4n) is 3.31. The van der Waals surface area contributed by atoms with Crippen LogP contribution in [0.15, 0.2) is 42.5 Å². The van der Waals surface area contributed by atoms with Crippen molar-refractivity contribution in [1.82, 2.24) is 10.2 Å². The molecule has 0 aromatic heterocycles. The van der Waals surface area contributed by atoms with Crippen molar-refractivity contribution in [3.63, 3.8) is 0 Å². The molecule has 0 aliphatic carbocycles. The van der Waals surface area contributed by atoms with Crippen molar-refractivity contribution in [3.05, 3.63) is 68.7 Å². The largest absolute Gasteiger partial charge is 0.416 e. The molecule has 0 bridgehead atoms. The van der Waals surface area contributed by atoms with E-state index in [1.54, 1.807) is 23.1 Å². The first-order valence-corrected chi connectivity index (χ1v) is 9.86. The number of halogens is 4. The van der Waals surface area contributed by atoms with Gasteiger partial charge in [-0.15, -0.1) is 0 Å². The highest BCUT2D eigenvalue weighted by atomic mass is 35.5. The number of rotatable bonds is 5. The van der Waals surface area contributed by atoms with Gasteiger partial charge in [0.25, 0.3) is 11.6 Å². The molecule has 12 heteroatoms. The minimum Gasteiger partial charge on any atom is -0.362 e. The van der Waals surface area contributed by atoms with Crippen LogP contribution in [0.2, 0.25) is 5.02 Å². The molecule has 170 valence electrons. The monoisotopic (exact) mass is 470 g/mol. The molecule has 0 atom stereocenters. The van der Waals surface area contributed by atoms with Crippen LogP contribution in [-0.2, 0) is 11.0 Å². The molecule has 1 N–H and O–H groups in total. The van der Waals surface area contributed by atoms with E-state index in [0.717, 1.165) is 12.1 Å². The zero-order valence-electron chi connectivity index (χ0n) is 16.6. The minimum atomic E-state index is -4.69. The van der Waals surface area contributed by atoms with E-state index in [9.17, 15) is 32.9 Å². The topological polar surface area (TPSA) is 95.8 Å². The van der Waals surface area contributed by atoms with E-state index < -0.39 is 28.3 Å². The molecule has 1 heterocycles. The number of hydrogen-bond acceptors (Lipinski definition) is 5. The normalized spacial score (nSPS) is 14.2. The summed E-state index contributed by atoms with van der Waals surface area (Å²) in [5, 5.41) is 14.2. The van der Waals surface area contributed by atoms with Crippen LogP contribution in [0.3, 0.4) is 0 Å². The highest BCUT2D eigenvalue weighted by Gasteiger charge is 2.34. The molecule has 0 unspecified atom stereocenters. The number of carbonyl (C=O) groups excluding carboxylic acids is 2. The average molecular weight is 471 g/mol. The number of nitrogens with zero attached hydrogens (tertiary/aromatic N) is 3. The van der Waals surface area contributed by atoms with Gasteiger partial charge in [0, 0.05) is 42.8 Å². The highest BCUT2D eigenvalue weighted by Crippen LogP contribution is 2.36. The molecule has 0 radical (unpaired) electrons. The number of nitro groups is 1.